The van der Waals surface area contributed by atoms with Crippen molar-refractivity contribution in [2.45, 2.75) is 18.8 Å². The zero-order valence-corrected chi connectivity index (χ0v) is 9.37. The fraction of sp³-hybridized carbons (Fsp3) is 0.417. The molecule has 16 heavy (non-hydrogen) atoms. The molecule has 1 aromatic rings. The molecule has 0 aliphatic heterocycles. The maximum Gasteiger partial charge on any atom is 0.306 e. The number of hydrogen-bond donors (Lipinski definition) is 1. The predicted octanol–water partition coefficient (Wildman–Crippen LogP) is 1.64. The maximum absolute atomic E-state index is 12.8. The number of aliphatic hydroxyl groups excluding tert-OH is 1. The Labute approximate surface area is 93.9 Å². The lowest BCUT2D eigenvalue weighted by Gasteiger charge is -2.26. The molecule has 1 aromatic carbocycles. The first kappa shape index (κ1) is 12.6. The highest BCUT2D eigenvalue weighted by atomic mass is 19.1. The molecule has 0 saturated heterocycles. The third-order valence-electron chi connectivity index (χ3n) is 2.65. The molecule has 1 rings (SSSR count). The van der Waals surface area contributed by atoms with E-state index in [0.717, 1.165) is 0 Å². The largest absolute Gasteiger partial charge is 0.469 e. The highest BCUT2D eigenvalue weighted by molar-refractivity contribution is 5.71. The molecule has 4 heteroatoms. The summed E-state index contributed by atoms with van der Waals surface area (Å²) in [4.78, 5) is 11.2. The first-order valence-corrected chi connectivity index (χ1v) is 4.95. The standard InChI is InChI=1S/C12H15FO3/c1-12(8-14,7-11(15)16-2)9-3-5-10(13)6-4-9/h3-6,14H,7-8H2,1-2H3. The number of ether oxygens (including phenoxy) is 1. The second-order valence-corrected chi connectivity index (χ2v) is 3.98. The molecule has 0 bridgehead atoms. The van der Waals surface area contributed by atoms with Gasteiger partial charge in [0.05, 0.1) is 20.1 Å². The van der Waals surface area contributed by atoms with Crippen molar-refractivity contribution in [1.82, 2.24) is 0 Å². The van der Waals surface area contributed by atoms with Gasteiger partial charge in [-0.25, -0.2) is 4.39 Å². The minimum absolute atomic E-state index is 0.0611. The Morgan fingerprint density at radius 3 is 2.44 bits per heavy atom. The van der Waals surface area contributed by atoms with Crippen molar-refractivity contribution >= 4 is 5.97 Å². The number of carbonyl (C=O) groups excluding carboxylic acids is 1. The third-order valence-corrected chi connectivity index (χ3v) is 2.65. The first-order chi connectivity index (χ1) is 7.51. The Morgan fingerprint density at radius 1 is 1.44 bits per heavy atom. The number of aliphatic hydroxyl groups is 1. The molecule has 0 radical (unpaired) electrons. The molecule has 1 atom stereocenters. The Bertz CT molecular complexity index is 361. The quantitative estimate of drug-likeness (QED) is 0.794. The Morgan fingerprint density at radius 2 is 2.00 bits per heavy atom. The summed E-state index contributed by atoms with van der Waals surface area (Å²) in [6.07, 6.45) is 0.0611. The van der Waals surface area contributed by atoms with Gasteiger partial charge >= 0.3 is 5.97 Å². The summed E-state index contributed by atoms with van der Waals surface area (Å²) in [7, 11) is 1.30. The van der Waals surface area contributed by atoms with Gasteiger partial charge in [-0.3, -0.25) is 4.79 Å². The van der Waals surface area contributed by atoms with E-state index >= 15 is 0 Å². The normalized spacial score (nSPS) is 14.2. The van der Waals surface area contributed by atoms with Crippen LogP contribution in [0.2, 0.25) is 0 Å². The number of halogens is 1. The van der Waals surface area contributed by atoms with E-state index in [1.807, 2.05) is 0 Å². The van der Waals surface area contributed by atoms with Crippen molar-refractivity contribution in [2.24, 2.45) is 0 Å². The monoisotopic (exact) mass is 226 g/mol. The van der Waals surface area contributed by atoms with Gasteiger partial charge in [-0.05, 0) is 17.7 Å². The van der Waals surface area contributed by atoms with Crippen LogP contribution in [0.25, 0.3) is 0 Å². The number of methoxy groups -OCH3 is 1. The van der Waals surface area contributed by atoms with Gasteiger partial charge in [0.1, 0.15) is 5.82 Å². The van der Waals surface area contributed by atoms with Gasteiger partial charge in [0.25, 0.3) is 0 Å². The molecule has 88 valence electrons. The topological polar surface area (TPSA) is 46.5 Å². The molecule has 3 nitrogen and oxygen atoms in total. The minimum Gasteiger partial charge on any atom is -0.469 e. The van der Waals surface area contributed by atoms with E-state index in [0.29, 0.717) is 5.56 Å². The SMILES string of the molecule is COC(=O)CC(C)(CO)c1ccc(F)cc1. The second kappa shape index (κ2) is 5.07. The molecular weight excluding hydrogens is 211 g/mol. The van der Waals surface area contributed by atoms with Crippen LogP contribution in [-0.2, 0) is 14.9 Å². The number of hydrogen-bond acceptors (Lipinski definition) is 3. The highest BCUT2D eigenvalue weighted by Gasteiger charge is 2.29. The summed E-state index contributed by atoms with van der Waals surface area (Å²) in [5.41, 5.74) is -0.0253. The van der Waals surface area contributed by atoms with Gasteiger partial charge in [-0.1, -0.05) is 19.1 Å². The number of esters is 1. The van der Waals surface area contributed by atoms with Gasteiger partial charge < -0.3 is 9.84 Å². The molecule has 0 saturated carbocycles. The average molecular weight is 226 g/mol. The van der Waals surface area contributed by atoms with Gasteiger partial charge in [-0.2, -0.15) is 0 Å². The molecule has 1 unspecified atom stereocenters. The highest BCUT2D eigenvalue weighted by Crippen LogP contribution is 2.27. The molecule has 0 fully saturated rings. The summed E-state index contributed by atoms with van der Waals surface area (Å²) in [6.45, 7) is 1.53. The summed E-state index contributed by atoms with van der Waals surface area (Å²) in [5.74, 6) is -0.747. The van der Waals surface area contributed by atoms with Crippen molar-refractivity contribution in [1.29, 1.82) is 0 Å². The van der Waals surface area contributed by atoms with Crippen LogP contribution in [0.1, 0.15) is 18.9 Å². The number of rotatable bonds is 4. The van der Waals surface area contributed by atoms with Crippen molar-refractivity contribution < 1.29 is 19.0 Å². The number of carbonyl (C=O) groups is 1. The van der Waals surface area contributed by atoms with Crippen LogP contribution < -0.4 is 0 Å². The van der Waals surface area contributed by atoms with E-state index in [9.17, 15) is 14.3 Å². The lowest BCUT2D eigenvalue weighted by atomic mass is 9.80. The van der Waals surface area contributed by atoms with Crippen molar-refractivity contribution in [3.05, 3.63) is 35.6 Å². The Balaban J connectivity index is 2.95. The van der Waals surface area contributed by atoms with E-state index < -0.39 is 11.4 Å². The van der Waals surface area contributed by atoms with Gasteiger partial charge in [0.15, 0.2) is 0 Å². The molecule has 1 N–H and O–H groups in total. The second-order valence-electron chi connectivity index (χ2n) is 3.98. The fourth-order valence-electron chi connectivity index (χ4n) is 1.49. The van der Waals surface area contributed by atoms with E-state index in [-0.39, 0.29) is 18.8 Å². The smallest absolute Gasteiger partial charge is 0.306 e. The minimum atomic E-state index is -0.735. The van der Waals surface area contributed by atoms with Crippen LogP contribution in [0.4, 0.5) is 4.39 Å². The van der Waals surface area contributed by atoms with Crippen LogP contribution in [-0.4, -0.2) is 24.8 Å². The van der Waals surface area contributed by atoms with Gasteiger partial charge in [0, 0.05) is 5.41 Å². The summed E-state index contributed by atoms with van der Waals surface area (Å²) in [5, 5.41) is 9.35. The lowest BCUT2D eigenvalue weighted by Crippen LogP contribution is -2.30. The van der Waals surface area contributed by atoms with E-state index in [1.165, 1.54) is 19.2 Å². The van der Waals surface area contributed by atoms with Gasteiger partial charge in [-0.15, -0.1) is 0 Å². The molecule has 0 amide bonds. The number of benzene rings is 1. The first-order valence-electron chi connectivity index (χ1n) is 4.95. The lowest BCUT2D eigenvalue weighted by molar-refractivity contribution is -0.142. The summed E-state index contributed by atoms with van der Waals surface area (Å²) >= 11 is 0. The predicted molar refractivity (Wildman–Crippen MR) is 57.5 cm³/mol. The van der Waals surface area contributed by atoms with E-state index in [2.05, 4.69) is 4.74 Å². The Kier molecular flexibility index (Phi) is 4.01. The van der Waals surface area contributed by atoms with Crippen LogP contribution in [0.15, 0.2) is 24.3 Å². The average Bonchev–Trinajstić information content (AvgIpc) is 2.29. The van der Waals surface area contributed by atoms with E-state index in [1.54, 1.807) is 19.1 Å². The van der Waals surface area contributed by atoms with Crippen molar-refractivity contribution in [3.8, 4) is 0 Å². The van der Waals surface area contributed by atoms with Crippen LogP contribution in [0.5, 0.6) is 0 Å². The Hall–Kier alpha value is -1.42. The third kappa shape index (κ3) is 2.79. The zero-order valence-electron chi connectivity index (χ0n) is 9.37. The molecule has 0 heterocycles. The fourth-order valence-corrected chi connectivity index (χ4v) is 1.49. The van der Waals surface area contributed by atoms with E-state index in [4.69, 9.17) is 0 Å². The molecule has 0 aliphatic rings. The molecular formula is C12H15FO3. The molecule has 0 aliphatic carbocycles. The van der Waals surface area contributed by atoms with Crippen molar-refractivity contribution in [3.63, 3.8) is 0 Å². The van der Waals surface area contributed by atoms with Gasteiger partial charge in [0.2, 0.25) is 0 Å². The van der Waals surface area contributed by atoms with Crippen LogP contribution in [0.3, 0.4) is 0 Å². The molecule has 0 spiro atoms. The van der Waals surface area contributed by atoms with Crippen LogP contribution >= 0.6 is 0 Å². The zero-order chi connectivity index (χ0) is 12.2. The van der Waals surface area contributed by atoms with Crippen LogP contribution in [0, 0.1) is 5.82 Å². The summed E-state index contributed by atoms with van der Waals surface area (Å²) in [6, 6.07) is 5.74. The maximum atomic E-state index is 12.8. The summed E-state index contributed by atoms with van der Waals surface area (Å²) < 4.78 is 17.3. The molecule has 0 aromatic heterocycles. The van der Waals surface area contributed by atoms with Crippen molar-refractivity contribution in [2.75, 3.05) is 13.7 Å².